The largest absolute Gasteiger partial charge is 0.488 e. The summed E-state index contributed by atoms with van der Waals surface area (Å²) in [6, 6.07) is 7.81. The first kappa shape index (κ1) is 16.4. The van der Waals surface area contributed by atoms with E-state index in [2.05, 4.69) is 14.9 Å². The van der Waals surface area contributed by atoms with Gasteiger partial charge in [0.2, 0.25) is 0 Å². The third kappa shape index (κ3) is 3.80. The van der Waals surface area contributed by atoms with Crippen LogP contribution in [0.25, 0.3) is 0 Å². The van der Waals surface area contributed by atoms with Crippen molar-refractivity contribution in [3.8, 4) is 5.75 Å². The van der Waals surface area contributed by atoms with Crippen molar-refractivity contribution >= 4 is 0 Å². The van der Waals surface area contributed by atoms with Crippen LogP contribution in [0.1, 0.15) is 18.7 Å². The minimum atomic E-state index is -0.487. The maximum atomic E-state index is 13.0. The van der Waals surface area contributed by atoms with E-state index in [0.29, 0.717) is 17.6 Å². The fourth-order valence-electron chi connectivity index (χ4n) is 4.04. The average Bonchev–Trinajstić information content (AvgIpc) is 2.99. The van der Waals surface area contributed by atoms with Gasteiger partial charge in [0.05, 0.1) is 12.6 Å². The van der Waals surface area contributed by atoms with Gasteiger partial charge >= 0.3 is 0 Å². The van der Waals surface area contributed by atoms with Crippen molar-refractivity contribution in [2.24, 2.45) is 11.8 Å². The lowest BCUT2D eigenvalue weighted by Gasteiger charge is -2.35. The zero-order valence-electron chi connectivity index (χ0n) is 14.0. The molecule has 0 amide bonds. The number of ether oxygens (including phenoxy) is 1. The van der Waals surface area contributed by atoms with Crippen LogP contribution in [-0.4, -0.2) is 45.3 Å². The lowest BCUT2D eigenvalue weighted by Crippen LogP contribution is -2.42. The maximum absolute atomic E-state index is 13.0. The minimum absolute atomic E-state index is 0.236. The molecule has 2 fully saturated rings. The van der Waals surface area contributed by atoms with Crippen LogP contribution in [0.3, 0.4) is 0 Å². The predicted molar refractivity (Wildman–Crippen MR) is 90.3 cm³/mol. The van der Waals surface area contributed by atoms with Crippen molar-refractivity contribution < 1.29 is 14.2 Å². The van der Waals surface area contributed by atoms with E-state index in [9.17, 15) is 9.50 Å². The molecule has 1 aliphatic heterocycles. The number of halogens is 1. The van der Waals surface area contributed by atoms with E-state index in [-0.39, 0.29) is 11.9 Å². The van der Waals surface area contributed by atoms with Crippen LogP contribution in [0.4, 0.5) is 4.39 Å². The number of hydrogen-bond donors (Lipinski definition) is 1. The van der Waals surface area contributed by atoms with Gasteiger partial charge in [0.25, 0.3) is 0 Å². The molecule has 4 rings (SSSR count). The summed E-state index contributed by atoms with van der Waals surface area (Å²) in [6.45, 7) is 2.68. The van der Waals surface area contributed by atoms with Gasteiger partial charge in [-0.25, -0.2) is 14.4 Å². The molecular weight excluding hydrogens is 321 g/mol. The fraction of sp³-hybridized carbons (Fsp3) is 0.474. The summed E-state index contributed by atoms with van der Waals surface area (Å²) >= 11 is 0. The maximum Gasteiger partial charge on any atom is 0.142 e. The van der Waals surface area contributed by atoms with E-state index in [1.54, 1.807) is 24.5 Å². The molecule has 1 aromatic carbocycles. The molecule has 5 nitrogen and oxygen atoms in total. The second-order valence-electron chi connectivity index (χ2n) is 7.03. The van der Waals surface area contributed by atoms with Crippen molar-refractivity contribution in [1.82, 2.24) is 14.9 Å². The van der Waals surface area contributed by atoms with Crippen LogP contribution in [-0.2, 0) is 6.54 Å². The smallest absolute Gasteiger partial charge is 0.142 e. The molecule has 25 heavy (non-hydrogen) atoms. The summed E-state index contributed by atoms with van der Waals surface area (Å²) in [7, 11) is 0. The topological polar surface area (TPSA) is 58.5 Å². The second kappa shape index (κ2) is 7.06. The Kier molecular flexibility index (Phi) is 4.63. The highest BCUT2D eigenvalue weighted by molar-refractivity contribution is 5.22. The number of benzene rings is 1. The third-order valence-electron chi connectivity index (χ3n) is 5.25. The molecule has 0 unspecified atom stereocenters. The number of rotatable bonds is 4. The zero-order chi connectivity index (χ0) is 17.2. The van der Waals surface area contributed by atoms with Crippen LogP contribution in [0.15, 0.2) is 42.7 Å². The van der Waals surface area contributed by atoms with Crippen LogP contribution >= 0.6 is 0 Å². The van der Waals surface area contributed by atoms with E-state index in [1.807, 2.05) is 6.07 Å². The summed E-state index contributed by atoms with van der Waals surface area (Å²) in [4.78, 5) is 10.9. The highest BCUT2D eigenvalue weighted by atomic mass is 19.1. The van der Waals surface area contributed by atoms with Crippen molar-refractivity contribution in [3.63, 3.8) is 0 Å². The molecule has 0 bridgehead atoms. The van der Waals surface area contributed by atoms with Gasteiger partial charge in [-0.2, -0.15) is 0 Å². The first-order valence-corrected chi connectivity index (χ1v) is 8.76. The number of hydrogen-bond acceptors (Lipinski definition) is 5. The van der Waals surface area contributed by atoms with Crippen LogP contribution in [0.5, 0.6) is 5.75 Å². The predicted octanol–water partition coefficient (Wildman–Crippen LogP) is 2.27. The molecule has 2 aliphatic rings. The molecule has 0 spiro atoms. The molecule has 1 saturated carbocycles. The van der Waals surface area contributed by atoms with Gasteiger partial charge in [0.15, 0.2) is 0 Å². The quantitative estimate of drug-likeness (QED) is 0.923. The highest BCUT2D eigenvalue weighted by Crippen LogP contribution is 2.38. The lowest BCUT2D eigenvalue weighted by atomic mass is 9.78. The van der Waals surface area contributed by atoms with Crippen LogP contribution < -0.4 is 4.74 Å². The average molecular weight is 343 g/mol. The molecule has 4 atom stereocenters. The molecule has 1 aliphatic carbocycles. The van der Waals surface area contributed by atoms with Gasteiger partial charge in [-0.05, 0) is 55.0 Å². The number of aliphatic hydroxyl groups excluding tert-OH is 1. The monoisotopic (exact) mass is 343 g/mol. The SMILES string of the molecule is O[C@@H]1C[C@H]2CN(Cc3ncccn3)C[C@H]2C[C@H]1Oc1ccc(F)cc1. The number of aliphatic hydroxyl groups is 1. The van der Waals surface area contributed by atoms with Gasteiger partial charge in [-0.1, -0.05) is 0 Å². The summed E-state index contributed by atoms with van der Waals surface area (Å²) in [5, 5.41) is 10.5. The Morgan fingerprint density at radius 3 is 2.48 bits per heavy atom. The van der Waals surface area contributed by atoms with E-state index in [0.717, 1.165) is 38.3 Å². The first-order chi connectivity index (χ1) is 12.2. The summed E-state index contributed by atoms with van der Waals surface area (Å²) in [6.07, 6.45) is 4.36. The third-order valence-corrected chi connectivity index (χ3v) is 5.25. The van der Waals surface area contributed by atoms with E-state index < -0.39 is 6.10 Å². The van der Waals surface area contributed by atoms with Crippen molar-refractivity contribution in [1.29, 1.82) is 0 Å². The van der Waals surface area contributed by atoms with E-state index in [4.69, 9.17) is 4.74 Å². The van der Waals surface area contributed by atoms with E-state index in [1.165, 1.54) is 12.1 Å². The molecule has 2 aromatic rings. The Morgan fingerprint density at radius 2 is 1.76 bits per heavy atom. The highest BCUT2D eigenvalue weighted by Gasteiger charge is 2.42. The van der Waals surface area contributed by atoms with Gasteiger partial charge in [-0.3, -0.25) is 4.90 Å². The summed E-state index contributed by atoms with van der Waals surface area (Å²) in [5.41, 5.74) is 0. The molecular formula is C19H22FN3O2. The molecule has 1 saturated heterocycles. The molecule has 132 valence electrons. The van der Waals surface area contributed by atoms with Crippen LogP contribution in [0.2, 0.25) is 0 Å². The fourth-order valence-corrected chi connectivity index (χ4v) is 4.04. The molecule has 2 heterocycles. The van der Waals surface area contributed by atoms with Gasteiger partial charge in [0.1, 0.15) is 23.5 Å². The number of likely N-dealkylation sites (tertiary alicyclic amines) is 1. The van der Waals surface area contributed by atoms with Gasteiger partial charge in [-0.15, -0.1) is 0 Å². The molecule has 1 aromatic heterocycles. The Balaban J connectivity index is 1.37. The Bertz CT molecular complexity index is 698. The number of nitrogens with zero attached hydrogens (tertiary/aromatic N) is 3. The summed E-state index contributed by atoms with van der Waals surface area (Å²) < 4.78 is 18.9. The van der Waals surface area contributed by atoms with Crippen molar-refractivity contribution in [2.75, 3.05) is 13.1 Å². The number of aromatic nitrogens is 2. The Labute approximate surface area is 146 Å². The van der Waals surface area contributed by atoms with Gasteiger partial charge < -0.3 is 9.84 Å². The molecule has 1 N–H and O–H groups in total. The Morgan fingerprint density at radius 1 is 1.08 bits per heavy atom. The summed E-state index contributed by atoms with van der Waals surface area (Å²) in [5.74, 6) is 2.13. The second-order valence-corrected chi connectivity index (χ2v) is 7.03. The van der Waals surface area contributed by atoms with Crippen LogP contribution in [0, 0.1) is 17.7 Å². The Hall–Kier alpha value is -2.05. The normalized spacial score (nSPS) is 29.4. The van der Waals surface area contributed by atoms with Crippen molar-refractivity contribution in [3.05, 3.63) is 54.4 Å². The lowest BCUT2D eigenvalue weighted by molar-refractivity contribution is -0.0231. The van der Waals surface area contributed by atoms with Gasteiger partial charge in [0, 0.05) is 25.5 Å². The minimum Gasteiger partial charge on any atom is -0.488 e. The first-order valence-electron chi connectivity index (χ1n) is 8.76. The number of fused-ring (bicyclic) bond motifs is 1. The standard InChI is InChI=1S/C19H22FN3O2/c20-15-2-4-16(5-3-15)25-18-9-14-11-23(10-13(14)8-17(18)24)12-19-21-6-1-7-22-19/h1-7,13-14,17-18,24H,8-12H2/t13-,14+,17+,18+/m0/s1. The van der Waals surface area contributed by atoms with Crippen molar-refractivity contribution in [2.45, 2.75) is 31.6 Å². The van der Waals surface area contributed by atoms with E-state index >= 15 is 0 Å². The molecule has 0 radical (unpaired) electrons. The zero-order valence-corrected chi connectivity index (χ0v) is 14.0. The molecule has 6 heteroatoms.